The summed E-state index contributed by atoms with van der Waals surface area (Å²) in [6.45, 7) is 1.87. The molecule has 3 heteroatoms. The zero-order valence-electron chi connectivity index (χ0n) is 11.8. The number of nitrogens with zero attached hydrogens (tertiary/aromatic N) is 1. The summed E-state index contributed by atoms with van der Waals surface area (Å²) in [6, 6.07) is 14.9. The lowest BCUT2D eigenvalue weighted by Gasteiger charge is -2.12. The van der Waals surface area contributed by atoms with E-state index >= 15 is 0 Å². The summed E-state index contributed by atoms with van der Waals surface area (Å²) in [7, 11) is 0. The first-order valence-electron chi connectivity index (χ1n) is 7.33. The molecule has 0 fully saturated rings. The van der Waals surface area contributed by atoms with Crippen LogP contribution >= 0.6 is 0 Å². The second-order valence-electron chi connectivity index (χ2n) is 5.38. The summed E-state index contributed by atoms with van der Waals surface area (Å²) in [5.74, 6) is 0. The highest BCUT2D eigenvalue weighted by Gasteiger charge is 2.13. The lowest BCUT2D eigenvalue weighted by atomic mass is 10.1. The van der Waals surface area contributed by atoms with Crippen LogP contribution in [-0.4, -0.2) is 11.5 Å². The largest absolute Gasteiger partial charge is 0.384 e. The number of pyridine rings is 1. The molecular formula is C18H17N3. The molecule has 0 saturated carbocycles. The predicted octanol–water partition coefficient (Wildman–Crippen LogP) is 3.81. The van der Waals surface area contributed by atoms with Gasteiger partial charge >= 0.3 is 0 Å². The highest BCUT2D eigenvalue weighted by molar-refractivity contribution is 5.93. The number of nitrogens with one attached hydrogen (secondary N) is 2. The second-order valence-corrected chi connectivity index (χ2v) is 5.38. The van der Waals surface area contributed by atoms with Gasteiger partial charge in [0.25, 0.3) is 0 Å². The Bertz CT molecular complexity index is 790. The van der Waals surface area contributed by atoms with Gasteiger partial charge in [-0.1, -0.05) is 30.3 Å². The van der Waals surface area contributed by atoms with E-state index in [1.54, 1.807) is 0 Å². The third kappa shape index (κ3) is 2.21. The molecule has 0 saturated heterocycles. The Kier molecular flexibility index (Phi) is 2.96. The minimum Gasteiger partial charge on any atom is -0.384 e. The number of hydrogen-bond donors (Lipinski definition) is 2. The van der Waals surface area contributed by atoms with E-state index in [1.165, 1.54) is 27.6 Å². The number of benzene rings is 2. The van der Waals surface area contributed by atoms with Crippen LogP contribution in [0.3, 0.4) is 0 Å². The van der Waals surface area contributed by atoms with Gasteiger partial charge in [0.15, 0.2) is 0 Å². The number of hydrogen-bond acceptors (Lipinski definition) is 3. The zero-order chi connectivity index (χ0) is 14.1. The van der Waals surface area contributed by atoms with Crippen LogP contribution in [0.5, 0.6) is 0 Å². The smallest absolute Gasteiger partial charge is 0.0438 e. The van der Waals surface area contributed by atoms with E-state index in [2.05, 4.69) is 52.0 Å². The standard InChI is InChI=1S/C18H17N3/c1-4-14-8-10-20-18(14)15(5-1)11-21-17-6-2-3-13-7-9-19-12-16(13)17/h1-7,9,12,20-21H,8,10-11H2. The number of fused-ring (bicyclic) bond motifs is 2. The Morgan fingerprint density at radius 3 is 3.05 bits per heavy atom. The van der Waals surface area contributed by atoms with Gasteiger partial charge < -0.3 is 10.6 Å². The normalized spacial score (nSPS) is 13.0. The van der Waals surface area contributed by atoms with Gasteiger partial charge in [0, 0.05) is 42.2 Å². The predicted molar refractivity (Wildman–Crippen MR) is 87.7 cm³/mol. The minimum absolute atomic E-state index is 0.824. The van der Waals surface area contributed by atoms with Crippen molar-refractivity contribution in [2.24, 2.45) is 0 Å². The molecular weight excluding hydrogens is 258 g/mol. The van der Waals surface area contributed by atoms with Crippen molar-refractivity contribution in [3.05, 3.63) is 66.0 Å². The van der Waals surface area contributed by atoms with E-state index in [0.717, 1.165) is 25.2 Å². The third-order valence-corrected chi connectivity index (χ3v) is 4.09. The van der Waals surface area contributed by atoms with Crippen LogP contribution in [0.15, 0.2) is 54.9 Å². The lowest BCUT2D eigenvalue weighted by Crippen LogP contribution is -2.03. The first-order chi connectivity index (χ1) is 10.4. The van der Waals surface area contributed by atoms with Crippen molar-refractivity contribution in [3.8, 4) is 0 Å². The van der Waals surface area contributed by atoms with Crippen LogP contribution in [0.25, 0.3) is 10.8 Å². The van der Waals surface area contributed by atoms with E-state index < -0.39 is 0 Å². The highest BCUT2D eigenvalue weighted by atomic mass is 14.9. The summed E-state index contributed by atoms with van der Waals surface area (Å²) in [5.41, 5.74) is 5.19. The summed E-state index contributed by atoms with van der Waals surface area (Å²) >= 11 is 0. The number of para-hydroxylation sites is 1. The van der Waals surface area contributed by atoms with E-state index in [0.29, 0.717) is 0 Å². The molecule has 0 unspecified atom stereocenters. The Labute approximate surface area is 124 Å². The fraction of sp³-hybridized carbons (Fsp3) is 0.167. The van der Waals surface area contributed by atoms with E-state index in [4.69, 9.17) is 0 Å². The summed E-state index contributed by atoms with van der Waals surface area (Å²) in [4.78, 5) is 4.23. The van der Waals surface area contributed by atoms with Gasteiger partial charge in [-0.3, -0.25) is 4.98 Å². The van der Waals surface area contributed by atoms with Crippen molar-refractivity contribution in [2.45, 2.75) is 13.0 Å². The van der Waals surface area contributed by atoms with Crippen LogP contribution in [-0.2, 0) is 13.0 Å². The molecule has 2 heterocycles. The Morgan fingerprint density at radius 2 is 2.05 bits per heavy atom. The zero-order valence-corrected chi connectivity index (χ0v) is 11.8. The third-order valence-electron chi connectivity index (χ3n) is 4.09. The molecule has 0 amide bonds. The molecule has 1 aromatic heterocycles. The van der Waals surface area contributed by atoms with Gasteiger partial charge in [-0.15, -0.1) is 0 Å². The highest BCUT2D eigenvalue weighted by Crippen LogP contribution is 2.28. The van der Waals surface area contributed by atoms with Crippen LogP contribution in [0.4, 0.5) is 11.4 Å². The summed E-state index contributed by atoms with van der Waals surface area (Å²) in [5, 5.41) is 9.42. The summed E-state index contributed by atoms with van der Waals surface area (Å²) < 4.78 is 0. The van der Waals surface area contributed by atoms with Crippen molar-refractivity contribution in [3.63, 3.8) is 0 Å². The summed E-state index contributed by atoms with van der Waals surface area (Å²) in [6.07, 6.45) is 4.88. The van der Waals surface area contributed by atoms with Crippen LogP contribution < -0.4 is 10.6 Å². The van der Waals surface area contributed by atoms with Crippen LogP contribution in [0, 0.1) is 0 Å². The average Bonchev–Trinajstić information content (AvgIpc) is 3.02. The Hall–Kier alpha value is -2.55. The molecule has 1 aliphatic heterocycles. The van der Waals surface area contributed by atoms with Gasteiger partial charge in [-0.25, -0.2) is 0 Å². The lowest BCUT2D eigenvalue weighted by molar-refractivity contribution is 1.11. The maximum atomic E-state index is 4.23. The molecule has 0 atom stereocenters. The van der Waals surface area contributed by atoms with E-state index in [9.17, 15) is 0 Å². The fourth-order valence-electron chi connectivity index (χ4n) is 3.02. The SMILES string of the molecule is c1cc2c(c(CNc3cccc4ccncc34)c1)NCC2. The number of aromatic nitrogens is 1. The molecule has 0 aliphatic carbocycles. The Morgan fingerprint density at radius 1 is 1.10 bits per heavy atom. The van der Waals surface area contributed by atoms with Crippen molar-refractivity contribution in [2.75, 3.05) is 17.2 Å². The molecule has 1 aliphatic rings. The minimum atomic E-state index is 0.824. The monoisotopic (exact) mass is 275 g/mol. The molecule has 2 aromatic carbocycles. The molecule has 0 spiro atoms. The van der Waals surface area contributed by atoms with Crippen LogP contribution in [0.2, 0.25) is 0 Å². The molecule has 0 radical (unpaired) electrons. The second kappa shape index (κ2) is 5.09. The topological polar surface area (TPSA) is 37.0 Å². The first kappa shape index (κ1) is 12.2. The van der Waals surface area contributed by atoms with Crippen LogP contribution in [0.1, 0.15) is 11.1 Å². The molecule has 4 rings (SSSR count). The molecule has 21 heavy (non-hydrogen) atoms. The van der Waals surface area contributed by atoms with Crippen molar-refractivity contribution in [1.29, 1.82) is 0 Å². The molecule has 104 valence electrons. The van der Waals surface area contributed by atoms with Crippen molar-refractivity contribution in [1.82, 2.24) is 4.98 Å². The van der Waals surface area contributed by atoms with E-state index in [1.807, 2.05) is 18.5 Å². The maximum absolute atomic E-state index is 4.23. The number of anilines is 2. The molecule has 2 N–H and O–H groups in total. The fourth-order valence-corrected chi connectivity index (χ4v) is 3.02. The van der Waals surface area contributed by atoms with E-state index in [-0.39, 0.29) is 0 Å². The quantitative estimate of drug-likeness (QED) is 0.763. The maximum Gasteiger partial charge on any atom is 0.0438 e. The molecule has 3 aromatic rings. The van der Waals surface area contributed by atoms with Gasteiger partial charge in [-0.2, -0.15) is 0 Å². The first-order valence-corrected chi connectivity index (χ1v) is 7.33. The van der Waals surface area contributed by atoms with Gasteiger partial charge in [0.1, 0.15) is 0 Å². The Balaban J connectivity index is 1.63. The van der Waals surface area contributed by atoms with Crippen molar-refractivity contribution >= 4 is 22.1 Å². The number of rotatable bonds is 3. The van der Waals surface area contributed by atoms with Gasteiger partial charge in [0.2, 0.25) is 0 Å². The van der Waals surface area contributed by atoms with Crippen molar-refractivity contribution < 1.29 is 0 Å². The molecule has 0 bridgehead atoms. The molecule has 3 nitrogen and oxygen atoms in total. The average molecular weight is 275 g/mol. The van der Waals surface area contributed by atoms with Gasteiger partial charge in [-0.05, 0) is 35.1 Å². The van der Waals surface area contributed by atoms with Gasteiger partial charge in [0.05, 0.1) is 0 Å².